The van der Waals surface area contributed by atoms with Crippen LogP contribution in [0.25, 0.3) is 5.57 Å². The van der Waals surface area contributed by atoms with E-state index in [1.54, 1.807) is 21.9 Å². The molecule has 8 heteroatoms. The molecule has 2 atom stereocenters. The third kappa shape index (κ3) is 5.33. The van der Waals surface area contributed by atoms with Crippen molar-refractivity contribution in [3.63, 3.8) is 0 Å². The molecule has 2 unspecified atom stereocenters. The van der Waals surface area contributed by atoms with E-state index in [-0.39, 0.29) is 41.1 Å². The van der Waals surface area contributed by atoms with Crippen LogP contribution in [-0.2, 0) is 9.59 Å². The van der Waals surface area contributed by atoms with Crippen molar-refractivity contribution in [1.82, 2.24) is 9.80 Å². The predicted molar refractivity (Wildman–Crippen MR) is 135 cm³/mol. The summed E-state index contributed by atoms with van der Waals surface area (Å²) in [5.74, 6) is -0.0110. The predicted octanol–water partition coefficient (Wildman–Crippen LogP) is 5.35. The Morgan fingerprint density at radius 3 is 2.26 bits per heavy atom. The van der Waals surface area contributed by atoms with Gasteiger partial charge in [-0.1, -0.05) is 56.5 Å². The fraction of sp³-hybridized carbons (Fsp3) is 0.385. The van der Waals surface area contributed by atoms with Crippen molar-refractivity contribution in [2.24, 2.45) is 0 Å². The van der Waals surface area contributed by atoms with Crippen LogP contribution in [0, 0.1) is 10.1 Å². The van der Waals surface area contributed by atoms with Crippen LogP contribution in [0.3, 0.4) is 0 Å². The number of hydrogen-bond donors (Lipinski definition) is 0. The second-order valence-corrected chi connectivity index (χ2v) is 10.1. The molecule has 0 aliphatic carbocycles. The maximum absolute atomic E-state index is 13.2. The van der Waals surface area contributed by atoms with Gasteiger partial charge in [-0.25, -0.2) is 0 Å². The van der Waals surface area contributed by atoms with Crippen molar-refractivity contribution >= 4 is 34.8 Å². The molecule has 7 nitrogen and oxygen atoms in total. The summed E-state index contributed by atoms with van der Waals surface area (Å²) >= 11 is 1.35. The Balaban J connectivity index is 1.85. The van der Waals surface area contributed by atoms with Crippen LogP contribution in [0.2, 0.25) is 0 Å². The molecule has 1 aliphatic heterocycles. The lowest BCUT2D eigenvalue weighted by molar-refractivity contribution is -0.387. The highest BCUT2D eigenvalue weighted by Crippen LogP contribution is 2.39. The number of rotatable bonds is 6. The molecule has 1 aliphatic rings. The Kier molecular flexibility index (Phi) is 7.82. The van der Waals surface area contributed by atoms with Gasteiger partial charge >= 0.3 is 0 Å². The van der Waals surface area contributed by atoms with Crippen LogP contribution in [0.5, 0.6) is 0 Å². The summed E-state index contributed by atoms with van der Waals surface area (Å²) in [7, 11) is 0. The van der Waals surface area contributed by atoms with Gasteiger partial charge in [-0.05, 0) is 43.0 Å². The molecule has 180 valence electrons. The zero-order valence-corrected chi connectivity index (χ0v) is 21.1. The number of hydrogen-bond acceptors (Lipinski definition) is 5. The van der Waals surface area contributed by atoms with Crippen LogP contribution >= 0.6 is 11.8 Å². The third-order valence-corrected chi connectivity index (χ3v) is 7.25. The number of benzene rings is 2. The molecule has 1 fully saturated rings. The van der Waals surface area contributed by atoms with Gasteiger partial charge in [0.1, 0.15) is 0 Å². The van der Waals surface area contributed by atoms with E-state index < -0.39 is 4.92 Å². The Morgan fingerprint density at radius 1 is 1.09 bits per heavy atom. The van der Waals surface area contributed by atoms with E-state index in [2.05, 4.69) is 20.4 Å². The molecule has 2 aromatic rings. The molecule has 1 saturated heterocycles. The van der Waals surface area contributed by atoms with Gasteiger partial charge < -0.3 is 9.80 Å². The third-order valence-electron chi connectivity index (χ3n) is 6.09. The molecule has 0 bridgehead atoms. The second kappa shape index (κ2) is 10.4. The lowest BCUT2D eigenvalue weighted by atomic mass is 10.0. The molecule has 2 aromatic carbocycles. The van der Waals surface area contributed by atoms with Crippen LogP contribution in [0.4, 0.5) is 5.69 Å². The molecular formula is C26H31N3O4S. The maximum Gasteiger partial charge on any atom is 0.283 e. The number of nitrogens with zero attached hydrogens (tertiary/aromatic N) is 3. The summed E-state index contributed by atoms with van der Waals surface area (Å²) < 4.78 is 0. The number of piperazine rings is 1. The summed E-state index contributed by atoms with van der Waals surface area (Å²) in [6.45, 7) is 14.3. The van der Waals surface area contributed by atoms with Gasteiger partial charge in [-0.2, -0.15) is 0 Å². The SMILES string of the molecule is C=C(C(=O)N1CC(C)N(C(C)=O)C(C)C1)c1ccc(Sc2ccccc2C(C)C)c([N+](=O)[O-])c1. The molecule has 1 heterocycles. The Hall–Kier alpha value is -3.13. The topological polar surface area (TPSA) is 83.8 Å². The van der Waals surface area contributed by atoms with Gasteiger partial charge in [0.05, 0.1) is 9.82 Å². The quantitative estimate of drug-likeness (QED) is 0.315. The first kappa shape index (κ1) is 25.5. The highest BCUT2D eigenvalue weighted by Gasteiger charge is 2.34. The largest absolute Gasteiger partial charge is 0.335 e. The van der Waals surface area contributed by atoms with Gasteiger partial charge in [0, 0.05) is 48.6 Å². The number of nitro groups is 1. The van der Waals surface area contributed by atoms with E-state index >= 15 is 0 Å². The lowest BCUT2D eigenvalue weighted by Crippen LogP contribution is -2.59. The average Bonchev–Trinajstić information content (AvgIpc) is 2.77. The standard InChI is InChI=1S/C26H31N3O4S/c1-16(2)22-9-7-8-10-24(22)34-25-12-11-21(13-23(25)29(32)33)19(5)26(31)27-14-17(3)28(20(6)30)18(4)15-27/h7-13,16-18H,5,14-15H2,1-4,6H3. The van der Waals surface area contributed by atoms with Crippen LogP contribution in [0.1, 0.15) is 51.7 Å². The first-order valence-corrected chi connectivity index (χ1v) is 12.2. The maximum atomic E-state index is 13.2. The van der Waals surface area contributed by atoms with E-state index in [1.165, 1.54) is 24.8 Å². The van der Waals surface area contributed by atoms with Crippen molar-refractivity contribution < 1.29 is 14.5 Å². The van der Waals surface area contributed by atoms with Gasteiger partial charge in [-0.15, -0.1) is 0 Å². The fourth-order valence-electron chi connectivity index (χ4n) is 4.53. The summed E-state index contributed by atoms with van der Waals surface area (Å²) in [5.41, 5.74) is 1.70. The molecule has 3 rings (SSSR count). The van der Waals surface area contributed by atoms with E-state index in [1.807, 2.05) is 38.1 Å². The second-order valence-electron chi connectivity index (χ2n) is 9.05. The van der Waals surface area contributed by atoms with E-state index in [0.29, 0.717) is 23.5 Å². The molecule has 34 heavy (non-hydrogen) atoms. The number of carbonyl (C=O) groups is 2. The van der Waals surface area contributed by atoms with Crippen molar-refractivity contribution in [2.75, 3.05) is 13.1 Å². The Bertz CT molecular complexity index is 1120. The first-order chi connectivity index (χ1) is 16.0. The van der Waals surface area contributed by atoms with Gasteiger partial charge in [0.2, 0.25) is 5.91 Å². The lowest BCUT2D eigenvalue weighted by Gasteiger charge is -2.44. The summed E-state index contributed by atoms with van der Waals surface area (Å²) in [5, 5.41) is 11.9. The van der Waals surface area contributed by atoms with E-state index in [0.717, 1.165) is 10.5 Å². The zero-order valence-electron chi connectivity index (χ0n) is 20.3. The zero-order chi connectivity index (χ0) is 25.2. The van der Waals surface area contributed by atoms with Crippen LogP contribution in [-0.4, -0.2) is 51.7 Å². The highest BCUT2D eigenvalue weighted by molar-refractivity contribution is 7.99. The van der Waals surface area contributed by atoms with Gasteiger partial charge in [0.15, 0.2) is 0 Å². The monoisotopic (exact) mass is 481 g/mol. The number of nitro benzene ring substituents is 1. The summed E-state index contributed by atoms with van der Waals surface area (Å²) in [6, 6.07) is 12.5. The molecule has 0 aromatic heterocycles. The Morgan fingerprint density at radius 2 is 1.71 bits per heavy atom. The minimum Gasteiger partial charge on any atom is -0.335 e. The normalized spacial score (nSPS) is 18.2. The molecule has 0 radical (unpaired) electrons. The van der Waals surface area contributed by atoms with Crippen LogP contribution in [0.15, 0.2) is 58.8 Å². The summed E-state index contributed by atoms with van der Waals surface area (Å²) in [6.07, 6.45) is 0. The van der Waals surface area contributed by atoms with Crippen molar-refractivity contribution in [1.29, 1.82) is 0 Å². The minimum atomic E-state index is -0.419. The first-order valence-electron chi connectivity index (χ1n) is 11.3. The molecule has 0 saturated carbocycles. The van der Waals surface area contributed by atoms with Crippen molar-refractivity contribution in [3.8, 4) is 0 Å². The molecule has 0 N–H and O–H groups in total. The fourth-order valence-corrected chi connectivity index (χ4v) is 5.71. The van der Waals surface area contributed by atoms with Crippen molar-refractivity contribution in [2.45, 2.75) is 62.4 Å². The average molecular weight is 482 g/mol. The van der Waals surface area contributed by atoms with Crippen molar-refractivity contribution in [3.05, 3.63) is 70.3 Å². The molecule has 0 spiro atoms. The molecular weight excluding hydrogens is 450 g/mol. The van der Waals surface area contributed by atoms with Gasteiger partial charge in [-0.3, -0.25) is 19.7 Å². The van der Waals surface area contributed by atoms with Crippen LogP contribution < -0.4 is 0 Å². The van der Waals surface area contributed by atoms with E-state index in [9.17, 15) is 19.7 Å². The smallest absolute Gasteiger partial charge is 0.283 e. The molecule has 2 amide bonds. The van der Waals surface area contributed by atoms with Gasteiger partial charge in [0.25, 0.3) is 11.6 Å². The summed E-state index contributed by atoms with van der Waals surface area (Å²) in [4.78, 5) is 41.5. The Labute approximate surface area is 205 Å². The van der Waals surface area contributed by atoms with E-state index in [4.69, 9.17) is 0 Å². The minimum absolute atomic E-state index is 0.0197. The highest BCUT2D eigenvalue weighted by atomic mass is 32.2. The number of carbonyl (C=O) groups excluding carboxylic acids is 2. The number of amides is 2.